The summed E-state index contributed by atoms with van der Waals surface area (Å²) in [6.45, 7) is 0.786. The zero-order valence-corrected chi connectivity index (χ0v) is 10.2. The SMILES string of the molecule is CCC1CNCC(c2cccc(OC(F)F)c2)O1. The third-order valence-corrected chi connectivity index (χ3v) is 2.97. The maximum atomic E-state index is 12.1. The Kier molecular flexibility index (Phi) is 4.49. The molecule has 0 aromatic heterocycles. The number of rotatable bonds is 4. The number of ether oxygens (including phenoxy) is 2. The van der Waals surface area contributed by atoms with Crippen molar-refractivity contribution in [3.8, 4) is 5.75 Å². The fraction of sp³-hybridized carbons (Fsp3) is 0.538. The molecule has 1 fully saturated rings. The summed E-state index contributed by atoms with van der Waals surface area (Å²) in [5, 5.41) is 3.28. The highest BCUT2D eigenvalue weighted by Gasteiger charge is 2.22. The van der Waals surface area contributed by atoms with Crippen molar-refractivity contribution in [1.29, 1.82) is 0 Å². The zero-order chi connectivity index (χ0) is 13.0. The molecule has 0 amide bonds. The van der Waals surface area contributed by atoms with E-state index < -0.39 is 6.61 Å². The molecule has 2 rings (SSSR count). The van der Waals surface area contributed by atoms with Gasteiger partial charge in [-0.05, 0) is 24.1 Å². The molecule has 1 saturated heterocycles. The van der Waals surface area contributed by atoms with Gasteiger partial charge in [0.2, 0.25) is 0 Å². The van der Waals surface area contributed by atoms with E-state index in [0.717, 1.165) is 18.5 Å². The molecule has 1 aliphatic heterocycles. The second-order valence-electron chi connectivity index (χ2n) is 4.26. The monoisotopic (exact) mass is 257 g/mol. The molecule has 1 aliphatic rings. The number of halogens is 2. The summed E-state index contributed by atoms with van der Waals surface area (Å²) in [7, 11) is 0. The topological polar surface area (TPSA) is 30.5 Å². The van der Waals surface area contributed by atoms with Crippen LogP contribution < -0.4 is 10.1 Å². The quantitative estimate of drug-likeness (QED) is 0.899. The number of nitrogens with one attached hydrogen (secondary N) is 1. The van der Waals surface area contributed by atoms with Gasteiger partial charge >= 0.3 is 6.61 Å². The van der Waals surface area contributed by atoms with Gasteiger partial charge in [0.15, 0.2) is 0 Å². The van der Waals surface area contributed by atoms with Crippen LogP contribution in [-0.4, -0.2) is 25.8 Å². The molecule has 0 radical (unpaired) electrons. The Hall–Kier alpha value is -1.20. The minimum atomic E-state index is -2.80. The van der Waals surface area contributed by atoms with Gasteiger partial charge in [0.25, 0.3) is 0 Å². The van der Waals surface area contributed by atoms with E-state index in [2.05, 4.69) is 17.0 Å². The second-order valence-corrected chi connectivity index (χ2v) is 4.26. The van der Waals surface area contributed by atoms with E-state index in [9.17, 15) is 8.78 Å². The molecule has 100 valence electrons. The van der Waals surface area contributed by atoms with E-state index in [-0.39, 0.29) is 18.0 Å². The van der Waals surface area contributed by atoms with E-state index >= 15 is 0 Å². The Morgan fingerprint density at radius 3 is 3.00 bits per heavy atom. The highest BCUT2D eigenvalue weighted by molar-refractivity contribution is 5.30. The standard InChI is InChI=1S/C13H17F2NO2/c1-2-10-7-16-8-12(17-10)9-4-3-5-11(6-9)18-13(14)15/h3-6,10,12-13,16H,2,7-8H2,1H3. The lowest BCUT2D eigenvalue weighted by Gasteiger charge is -2.30. The summed E-state index contributed by atoms with van der Waals surface area (Å²) < 4.78 is 34.6. The maximum absolute atomic E-state index is 12.1. The number of hydrogen-bond acceptors (Lipinski definition) is 3. The summed E-state index contributed by atoms with van der Waals surface area (Å²) in [6, 6.07) is 6.69. The first-order chi connectivity index (χ1) is 8.69. The van der Waals surface area contributed by atoms with E-state index in [1.807, 2.05) is 6.07 Å². The van der Waals surface area contributed by atoms with E-state index in [0.29, 0.717) is 6.54 Å². The smallest absolute Gasteiger partial charge is 0.387 e. The molecule has 2 atom stereocenters. The van der Waals surface area contributed by atoms with Gasteiger partial charge < -0.3 is 14.8 Å². The zero-order valence-electron chi connectivity index (χ0n) is 10.2. The summed E-state index contributed by atoms with van der Waals surface area (Å²) in [5.74, 6) is 0.171. The van der Waals surface area contributed by atoms with Crippen LogP contribution in [0.15, 0.2) is 24.3 Å². The predicted molar refractivity (Wildman–Crippen MR) is 63.8 cm³/mol. The third-order valence-electron chi connectivity index (χ3n) is 2.97. The molecular formula is C13H17F2NO2. The molecule has 1 aromatic carbocycles. The van der Waals surface area contributed by atoms with Gasteiger partial charge in [-0.1, -0.05) is 19.1 Å². The van der Waals surface area contributed by atoms with Crippen molar-refractivity contribution < 1.29 is 18.3 Å². The van der Waals surface area contributed by atoms with Crippen LogP contribution in [0.25, 0.3) is 0 Å². The molecule has 1 aromatic rings. The number of benzene rings is 1. The van der Waals surface area contributed by atoms with E-state index in [1.165, 1.54) is 6.07 Å². The first-order valence-electron chi connectivity index (χ1n) is 6.10. The Morgan fingerprint density at radius 2 is 2.28 bits per heavy atom. The Balaban J connectivity index is 2.07. The van der Waals surface area contributed by atoms with Crippen LogP contribution in [-0.2, 0) is 4.74 Å². The predicted octanol–water partition coefficient (Wildman–Crippen LogP) is 2.73. The third kappa shape index (κ3) is 3.40. The van der Waals surface area contributed by atoms with Gasteiger partial charge in [-0.15, -0.1) is 0 Å². The van der Waals surface area contributed by atoms with Gasteiger partial charge in [0, 0.05) is 13.1 Å². The minimum Gasteiger partial charge on any atom is -0.435 e. The molecule has 0 saturated carbocycles. The van der Waals surface area contributed by atoms with Crippen molar-refractivity contribution in [3.63, 3.8) is 0 Å². The summed E-state index contributed by atoms with van der Waals surface area (Å²) in [6.07, 6.45) is 0.991. The number of morpholine rings is 1. The summed E-state index contributed by atoms with van der Waals surface area (Å²) >= 11 is 0. The fourth-order valence-corrected chi connectivity index (χ4v) is 2.03. The molecule has 0 bridgehead atoms. The lowest BCUT2D eigenvalue weighted by atomic mass is 10.1. The van der Waals surface area contributed by atoms with Gasteiger partial charge in [-0.2, -0.15) is 8.78 Å². The maximum Gasteiger partial charge on any atom is 0.387 e. The van der Waals surface area contributed by atoms with Crippen LogP contribution in [0.4, 0.5) is 8.78 Å². The Morgan fingerprint density at radius 1 is 1.44 bits per heavy atom. The van der Waals surface area contributed by atoms with Gasteiger partial charge in [-0.25, -0.2) is 0 Å². The lowest BCUT2D eigenvalue weighted by Crippen LogP contribution is -2.40. The van der Waals surface area contributed by atoms with Crippen LogP contribution in [0.3, 0.4) is 0 Å². The molecule has 0 aliphatic carbocycles. The lowest BCUT2D eigenvalue weighted by molar-refractivity contribution is -0.0515. The van der Waals surface area contributed by atoms with Crippen molar-refractivity contribution in [1.82, 2.24) is 5.32 Å². The van der Waals surface area contributed by atoms with Crippen molar-refractivity contribution in [2.45, 2.75) is 32.2 Å². The fourth-order valence-electron chi connectivity index (χ4n) is 2.03. The molecule has 3 nitrogen and oxygen atoms in total. The van der Waals surface area contributed by atoms with Crippen molar-refractivity contribution in [2.24, 2.45) is 0 Å². The average molecular weight is 257 g/mol. The van der Waals surface area contributed by atoms with E-state index in [1.54, 1.807) is 12.1 Å². The van der Waals surface area contributed by atoms with Crippen molar-refractivity contribution in [2.75, 3.05) is 13.1 Å². The Bertz CT molecular complexity index is 387. The Labute approximate surface area is 105 Å². The summed E-state index contributed by atoms with van der Waals surface area (Å²) in [4.78, 5) is 0. The number of hydrogen-bond donors (Lipinski definition) is 1. The molecule has 1 heterocycles. The van der Waals surface area contributed by atoms with Crippen molar-refractivity contribution >= 4 is 0 Å². The highest BCUT2D eigenvalue weighted by atomic mass is 19.3. The molecule has 1 N–H and O–H groups in total. The summed E-state index contributed by atoms with van der Waals surface area (Å²) in [5.41, 5.74) is 0.860. The van der Waals surface area contributed by atoms with Gasteiger partial charge in [0.05, 0.1) is 12.2 Å². The van der Waals surface area contributed by atoms with Crippen LogP contribution in [0.2, 0.25) is 0 Å². The van der Waals surface area contributed by atoms with Crippen molar-refractivity contribution in [3.05, 3.63) is 29.8 Å². The highest BCUT2D eigenvalue weighted by Crippen LogP contribution is 2.26. The van der Waals surface area contributed by atoms with Gasteiger partial charge in [0.1, 0.15) is 5.75 Å². The number of alkyl halides is 2. The largest absolute Gasteiger partial charge is 0.435 e. The molecular weight excluding hydrogens is 240 g/mol. The van der Waals surface area contributed by atoms with E-state index in [4.69, 9.17) is 4.74 Å². The normalized spacial score (nSPS) is 24.2. The first kappa shape index (κ1) is 13.2. The van der Waals surface area contributed by atoms with Crippen LogP contribution in [0, 0.1) is 0 Å². The second kappa shape index (κ2) is 6.11. The van der Waals surface area contributed by atoms with Crippen LogP contribution in [0.1, 0.15) is 25.0 Å². The first-order valence-corrected chi connectivity index (χ1v) is 6.10. The van der Waals surface area contributed by atoms with Crippen LogP contribution >= 0.6 is 0 Å². The van der Waals surface area contributed by atoms with Gasteiger partial charge in [-0.3, -0.25) is 0 Å². The average Bonchev–Trinajstić information content (AvgIpc) is 2.38. The van der Waals surface area contributed by atoms with Crippen LogP contribution in [0.5, 0.6) is 5.75 Å². The minimum absolute atomic E-state index is 0.107. The molecule has 5 heteroatoms. The molecule has 2 unspecified atom stereocenters. The molecule has 18 heavy (non-hydrogen) atoms. The molecule has 0 spiro atoms.